The quantitative estimate of drug-likeness (QED) is 0.743. The number of carbonyl (C=O) groups excluding carboxylic acids is 1. The number of amides is 1. The van der Waals surface area contributed by atoms with Gasteiger partial charge in [0, 0.05) is 31.2 Å². The van der Waals surface area contributed by atoms with E-state index in [1.165, 1.54) is 0 Å². The molecule has 2 unspecified atom stereocenters. The lowest BCUT2D eigenvalue weighted by molar-refractivity contribution is -0.145. The van der Waals surface area contributed by atoms with Gasteiger partial charge in [-0.1, -0.05) is 0 Å². The smallest absolute Gasteiger partial charge is 0.251 e. The molecule has 0 aromatic rings. The number of piperazine rings is 1. The number of carbonyl (C=O) groups is 1. The normalized spacial score (nSPS) is 32.2. The number of hydrogen-bond acceptors (Lipinski definition) is 3. The van der Waals surface area contributed by atoms with Gasteiger partial charge in [0.25, 0.3) is 5.91 Å². The van der Waals surface area contributed by atoms with Gasteiger partial charge >= 0.3 is 0 Å². The maximum atomic E-state index is 11.9. The molecule has 3 atom stereocenters. The van der Waals surface area contributed by atoms with Crippen LogP contribution in [0.2, 0.25) is 0 Å². The Labute approximate surface area is 97.2 Å². The Balaban J connectivity index is 2.08. The number of nitrogens with zero attached hydrogens (tertiary/aromatic N) is 2. The van der Waals surface area contributed by atoms with Gasteiger partial charge in [-0.05, 0) is 33.6 Å². The third-order valence-corrected chi connectivity index (χ3v) is 3.85. The van der Waals surface area contributed by atoms with Gasteiger partial charge in [-0.3, -0.25) is 9.69 Å². The maximum absolute atomic E-state index is 11.9. The van der Waals surface area contributed by atoms with Gasteiger partial charge < -0.3 is 10.0 Å². The van der Waals surface area contributed by atoms with Crippen molar-refractivity contribution < 1.29 is 9.90 Å². The zero-order valence-electron chi connectivity index (χ0n) is 10.4. The zero-order chi connectivity index (χ0) is 11.9. The van der Waals surface area contributed by atoms with E-state index in [0.717, 1.165) is 25.9 Å². The first-order chi connectivity index (χ1) is 7.50. The Morgan fingerprint density at radius 2 is 1.69 bits per heavy atom. The average Bonchev–Trinajstić information content (AvgIpc) is 2.46. The monoisotopic (exact) mass is 226 g/mol. The number of rotatable bonds is 2. The summed E-state index contributed by atoms with van der Waals surface area (Å²) in [6, 6.07) is 1.19. The van der Waals surface area contributed by atoms with Crippen molar-refractivity contribution in [1.82, 2.24) is 9.80 Å². The molecular formula is C12H22N2O2. The van der Waals surface area contributed by atoms with Gasteiger partial charge in [-0.15, -0.1) is 0 Å². The SMILES string of the molecule is CC(C)N1CC2CCC(C1)N2C(=O)[C@H](C)O. The molecule has 0 radical (unpaired) electrons. The average molecular weight is 226 g/mol. The van der Waals surface area contributed by atoms with E-state index in [2.05, 4.69) is 18.7 Å². The third-order valence-electron chi connectivity index (χ3n) is 3.85. The molecule has 1 amide bonds. The molecule has 0 aliphatic carbocycles. The van der Waals surface area contributed by atoms with E-state index in [-0.39, 0.29) is 5.91 Å². The molecule has 16 heavy (non-hydrogen) atoms. The Bertz CT molecular complexity index is 264. The molecule has 0 spiro atoms. The van der Waals surface area contributed by atoms with Crippen LogP contribution in [-0.2, 0) is 4.79 Å². The predicted molar refractivity (Wildman–Crippen MR) is 62.0 cm³/mol. The summed E-state index contributed by atoms with van der Waals surface area (Å²) in [4.78, 5) is 16.3. The Morgan fingerprint density at radius 3 is 2.06 bits per heavy atom. The second-order valence-corrected chi connectivity index (χ2v) is 5.35. The maximum Gasteiger partial charge on any atom is 0.251 e. The minimum Gasteiger partial charge on any atom is -0.384 e. The van der Waals surface area contributed by atoms with Crippen molar-refractivity contribution in [3.63, 3.8) is 0 Å². The van der Waals surface area contributed by atoms with Crippen molar-refractivity contribution in [3.05, 3.63) is 0 Å². The lowest BCUT2D eigenvalue weighted by atomic mass is 10.1. The summed E-state index contributed by atoms with van der Waals surface area (Å²) >= 11 is 0. The minimum absolute atomic E-state index is 0.0871. The molecule has 4 heteroatoms. The van der Waals surface area contributed by atoms with E-state index in [0.29, 0.717) is 18.1 Å². The first-order valence-corrected chi connectivity index (χ1v) is 6.25. The molecule has 0 saturated carbocycles. The number of fused-ring (bicyclic) bond motifs is 2. The Morgan fingerprint density at radius 1 is 1.19 bits per heavy atom. The summed E-state index contributed by atoms with van der Waals surface area (Å²) < 4.78 is 0. The molecule has 2 saturated heterocycles. The van der Waals surface area contributed by atoms with Crippen LogP contribution >= 0.6 is 0 Å². The van der Waals surface area contributed by atoms with Crippen LogP contribution in [0.3, 0.4) is 0 Å². The molecule has 2 rings (SSSR count). The highest BCUT2D eigenvalue weighted by atomic mass is 16.3. The highest BCUT2D eigenvalue weighted by Gasteiger charge is 2.43. The number of aliphatic hydroxyl groups is 1. The fourth-order valence-electron chi connectivity index (χ4n) is 2.93. The highest BCUT2D eigenvalue weighted by Crippen LogP contribution is 2.31. The van der Waals surface area contributed by atoms with Crippen molar-refractivity contribution in [2.75, 3.05) is 13.1 Å². The van der Waals surface area contributed by atoms with Gasteiger partial charge in [0.2, 0.25) is 0 Å². The second kappa shape index (κ2) is 4.34. The lowest BCUT2D eigenvalue weighted by Gasteiger charge is -2.43. The zero-order valence-corrected chi connectivity index (χ0v) is 10.4. The predicted octanol–water partition coefficient (Wildman–Crippen LogP) is 0.451. The summed E-state index contributed by atoms with van der Waals surface area (Å²) in [5, 5.41) is 9.41. The summed E-state index contributed by atoms with van der Waals surface area (Å²) in [6.45, 7) is 7.90. The van der Waals surface area contributed by atoms with Crippen molar-refractivity contribution >= 4 is 5.91 Å². The van der Waals surface area contributed by atoms with Crippen LogP contribution in [0.5, 0.6) is 0 Å². The molecule has 0 aromatic heterocycles. The van der Waals surface area contributed by atoms with E-state index in [1.54, 1.807) is 6.92 Å². The van der Waals surface area contributed by atoms with E-state index < -0.39 is 6.10 Å². The molecule has 2 aliphatic rings. The van der Waals surface area contributed by atoms with Gasteiger partial charge in [-0.25, -0.2) is 0 Å². The summed E-state index contributed by atoms with van der Waals surface area (Å²) in [6.07, 6.45) is 1.33. The molecule has 2 heterocycles. The first kappa shape index (κ1) is 11.9. The minimum atomic E-state index is -0.853. The summed E-state index contributed by atoms with van der Waals surface area (Å²) in [5.41, 5.74) is 0. The molecule has 4 nitrogen and oxygen atoms in total. The number of hydrogen-bond donors (Lipinski definition) is 1. The summed E-state index contributed by atoms with van der Waals surface area (Å²) in [7, 11) is 0. The van der Waals surface area contributed by atoms with Crippen molar-refractivity contribution in [3.8, 4) is 0 Å². The molecule has 2 bridgehead atoms. The van der Waals surface area contributed by atoms with Crippen molar-refractivity contribution in [2.45, 2.75) is 57.8 Å². The number of aliphatic hydroxyl groups excluding tert-OH is 1. The first-order valence-electron chi connectivity index (χ1n) is 6.25. The lowest BCUT2D eigenvalue weighted by Crippen LogP contribution is -2.58. The van der Waals surface area contributed by atoms with Gasteiger partial charge in [-0.2, -0.15) is 0 Å². The molecule has 2 fully saturated rings. The Kier molecular flexibility index (Phi) is 3.22. The van der Waals surface area contributed by atoms with Crippen LogP contribution in [0.1, 0.15) is 33.6 Å². The van der Waals surface area contributed by atoms with Gasteiger partial charge in [0.05, 0.1) is 0 Å². The molecule has 92 valence electrons. The molecule has 2 aliphatic heterocycles. The Hall–Kier alpha value is -0.610. The highest BCUT2D eigenvalue weighted by molar-refractivity contribution is 5.81. The van der Waals surface area contributed by atoms with E-state index in [1.807, 2.05) is 4.90 Å². The van der Waals surface area contributed by atoms with E-state index in [9.17, 15) is 9.90 Å². The van der Waals surface area contributed by atoms with E-state index >= 15 is 0 Å². The third kappa shape index (κ3) is 1.96. The standard InChI is InChI=1S/C12H22N2O2/c1-8(2)13-6-10-4-5-11(7-13)14(10)12(16)9(3)15/h8-11,15H,4-7H2,1-3H3/t9-,10?,11?/m0/s1. The van der Waals surface area contributed by atoms with Gasteiger partial charge in [0.1, 0.15) is 6.10 Å². The van der Waals surface area contributed by atoms with Crippen LogP contribution in [-0.4, -0.2) is 58.1 Å². The van der Waals surface area contributed by atoms with Crippen LogP contribution in [0, 0.1) is 0 Å². The molecule has 0 aromatic carbocycles. The summed E-state index contributed by atoms with van der Waals surface area (Å²) in [5.74, 6) is -0.0871. The van der Waals surface area contributed by atoms with E-state index in [4.69, 9.17) is 0 Å². The molecular weight excluding hydrogens is 204 g/mol. The van der Waals surface area contributed by atoms with Crippen molar-refractivity contribution in [2.24, 2.45) is 0 Å². The fraction of sp³-hybridized carbons (Fsp3) is 0.917. The number of likely N-dealkylation sites (tertiary alicyclic amines) is 1. The van der Waals surface area contributed by atoms with Crippen LogP contribution < -0.4 is 0 Å². The fourth-order valence-corrected chi connectivity index (χ4v) is 2.93. The molecule has 1 N–H and O–H groups in total. The van der Waals surface area contributed by atoms with Crippen LogP contribution in [0.25, 0.3) is 0 Å². The topological polar surface area (TPSA) is 43.8 Å². The van der Waals surface area contributed by atoms with Crippen LogP contribution in [0.15, 0.2) is 0 Å². The largest absolute Gasteiger partial charge is 0.384 e. The van der Waals surface area contributed by atoms with Crippen LogP contribution in [0.4, 0.5) is 0 Å². The second-order valence-electron chi connectivity index (χ2n) is 5.35. The van der Waals surface area contributed by atoms with Crippen molar-refractivity contribution in [1.29, 1.82) is 0 Å². The van der Waals surface area contributed by atoms with Gasteiger partial charge in [0.15, 0.2) is 0 Å².